The molecule has 1 atom stereocenters. The number of hydrogen-bond donors (Lipinski definition) is 1. The van der Waals surface area contributed by atoms with Crippen LogP contribution in [0, 0.1) is 13.8 Å². The molecule has 23 heavy (non-hydrogen) atoms. The van der Waals surface area contributed by atoms with Gasteiger partial charge in [0.1, 0.15) is 0 Å². The fourth-order valence-corrected chi connectivity index (χ4v) is 4.70. The van der Waals surface area contributed by atoms with E-state index in [1.807, 2.05) is 24.8 Å². The smallest absolute Gasteiger partial charge is 0.210 e. The van der Waals surface area contributed by atoms with Crippen LogP contribution in [0.3, 0.4) is 0 Å². The Morgan fingerprint density at radius 2 is 2.00 bits per heavy atom. The van der Waals surface area contributed by atoms with Gasteiger partial charge in [0.2, 0.25) is 10.0 Å². The molecule has 1 aliphatic carbocycles. The molecule has 1 saturated carbocycles. The van der Waals surface area contributed by atoms with Crippen LogP contribution in [-0.4, -0.2) is 48.6 Å². The highest BCUT2D eigenvalue weighted by Crippen LogP contribution is 2.38. The summed E-state index contributed by atoms with van der Waals surface area (Å²) in [6.07, 6.45) is 4.07. The molecule has 3 rings (SSSR count). The lowest BCUT2D eigenvalue weighted by molar-refractivity contribution is 0.0926. The number of aryl methyl sites for hydroxylation is 1. The summed E-state index contributed by atoms with van der Waals surface area (Å²) < 4.78 is 24.9. The van der Waals surface area contributed by atoms with Gasteiger partial charge in [-0.05, 0) is 52.1 Å². The lowest BCUT2D eigenvalue weighted by atomic mass is 10.1. The molecule has 1 aromatic heterocycles. The summed E-state index contributed by atoms with van der Waals surface area (Å²) >= 11 is 0. The quantitative estimate of drug-likeness (QED) is 0.793. The van der Waals surface area contributed by atoms with Gasteiger partial charge in [0, 0.05) is 29.0 Å². The van der Waals surface area contributed by atoms with E-state index in [2.05, 4.69) is 4.57 Å². The minimum absolute atomic E-state index is 0.0681. The average Bonchev–Trinajstić information content (AvgIpc) is 3.10. The van der Waals surface area contributed by atoms with Gasteiger partial charge in [0.25, 0.3) is 0 Å². The molecule has 0 aromatic carbocycles. The summed E-state index contributed by atoms with van der Waals surface area (Å²) in [6.45, 7) is 5.08. The molecular weight excluding hydrogens is 314 g/mol. The number of sulfonamides is 1. The molecule has 0 radical (unpaired) electrons. The Balaban J connectivity index is 1.73. The van der Waals surface area contributed by atoms with Crippen molar-refractivity contribution in [2.45, 2.75) is 51.6 Å². The van der Waals surface area contributed by atoms with Crippen LogP contribution in [0.15, 0.2) is 6.07 Å². The maximum absolute atomic E-state index is 12.7. The van der Waals surface area contributed by atoms with Crippen molar-refractivity contribution in [1.29, 1.82) is 0 Å². The summed E-state index contributed by atoms with van der Waals surface area (Å²) in [4.78, 5) is 14.7. The van der Waals surface area contributed by atoms with Crippen molar-refractivity contribution >= 4 is 15.8 Å². The molecule has 1 aliphatic heterocycles. The molecule has 2 aliphatic rings. The Bertz CT molecular complexity index is 719. The van der Waals surface area contributed by atoms with Crippen molar-refractivity contribution in [3.05, 3.63) is 23.0 Å². The predicted octanol–water partition coefficient (Wildman–Crippen LogP) is 1.38. The highest BCUT2D eigenvalue weighted by molar-refractivity contribution is 7.89. The van der Waals surface area contributed by atoms with Gasteiger partial charge in [0.05, 0.1) is 12.3 Å². The first-order valence-corrected chi connectivity index (χ1v) is 9.94. The standard InChI is InChI=1S/C16H25N3O3S/c1-11-8-15(12(2)19(11)13-5-6-13)16(20)9-18-7-3-4-14(18)10-23(17,21)22/h8,13-14H,3-7,9-10H2,1-2H3,(H2,17,21,22). The van der Waals surface area contributed by atoms with Gasteiger partial charge in [0.15, 0.2) is 5.78 Å². The molecule has 0 bridgehead atoms. The fraction of sp³-hybridized carbons (Fsp3) is 0.688. The molecule has 1 aromatic rings. The first-order chi connectivity index (χ1) is 10.8. The number of primary sulfonamides is 1. The third-order valence-corrected chi connectivity index (χ3v) is 5.82. The minimum atomic E-state index is -3.51. The van der Waals surface area contributed by atoms with Crippen molar-refractivity contribution in [3.63, 3.8) is 0 Å². The average molecular weight is 339 g/mol. The third kappa shape index (κ3) is 3.67. The van der Waals surface area contributed by atoms with E-state index in [0.717, 1.165) is 36.3 Å². The second-order valence-corrected chi connectivity index (χ2v) is 8.56. The Hall–Kier alpha value is -1.18. The highest BCUT2D eigenvalue weighted by atomic mass is 32.2. The largest absolute Gasteiger partial charge is 0.345 e. The summed E-state index contributed by atoms with van der Waals surface area (Å²) in [5.41, 5.74) is 2.95. The van der Waals surface area contributed by atoms with Gasteiger partial charge < -0.3 is 4.57 Å². The normalized spacial score (nSPS) is 22.7. The van der Waals surface area contributed by atoms with Crippen LogP contribution in [0.2, 0.25) is 0 Å². The van der Waals surface area contributed by atoms with Gasteiger partial charge in [-0.1, -0.05) is 0 Å². The van der Waals surface area contributed by atoms with Crippen LogP contribution in [0.5, 0.6) is 0 Å². The van der Waals surface area contributed by atoms with Gasteiger partial charge in [-0.2, -0.15) is 0 Å². The molecule has 7 heteroatoms. The number of rotatable bonds is 6. The van der Waals surface area contributed by atoms with Crippen LogP contribution in [0.25, 0.3) is 0 Å². The van der Waals surface area contributed by atoms with E-state index in [4.69, 9.17) is 5.14 Å². The monoisotopic (exact) mass is 339 g/mol. The SMILES string of the molecule is Cc1cc(C(=O)CN2CCCC2CS(N)(=O)=O)c(C)n1C1CC1. The minimum Gasteiger partial charge on any atom is -0.345 e. The molecule has 0 spiro atoms. The summed E-state index contributed by atoms with van der Waals surface area (Å²) in [5.74, 6) is 0.00722. The highest BCUT2D eigenvalue weighted by Gasteiger charge is 2.32. The molecule has 2 fully saturated rings. The first-order valence-electron chi connectivity index (χ1n) is 8.22. The van der Waals surface area contributed by atoms with Crippen molar-refractivity contribution in [1.82, 2.24) is 9.47 Å². The number of aromatic nitrogens is 1. The van der Waals surface area contributed by atoms with Gasteiger partial charge >= 0.3 is 0 Å². The maximum Gasteiger partial charge on any atom is 0.210 e. The molecule has 1 unspecified atom stereocenters. The zero-order valence-electron chi connectivity index (χ0n) is 13.8. The van der Waals surface area contributed by atoms with Crippen molar-refractivity contribution in [3.8, 4) is 0 Å². The molecule has 2 heterocycles. The van der Waals surface area contributed by atoms with Crippen LogP contribution in [0.4, 0.5) is 0 Å². The molecule has 6 nitrogen and oxygen atoms in total. The van der Waals surface area contributed by atoms with Crippen LogP contribution < -0.4 is 5.14 Å². The van der Waals surface area contributed by atoms with E-state index in [-0.39, 0.29) is 24.1 Å². The summed E-state index contributed by atoms with van der Waals surface area (Å²) in [7, 11) is -3.51. The van der Waals surface area contributed by atoms with E-state index < -0.39 is 10.0 Å². The molecule has 2 N–H and O–H groups in total. The van der Waals surface area contributed by atoms with E-state index in [1.165, 1.54) is 12.8 Å². The van der Waals surface area contributed by atoms with Crippen molar-refractivity contribution < 1.29 is 13.2 Å². The van der Waals surface area contributed by atoms with E-state index in [9.17, 15) is 13.2 Å². The van der Waals surface area contributed by atoms with Crippen LogP contribution in [0.1, 0.15) is 53.5 Å². The predicted molar refractivity (Wildman–Crippen MR) is 89.1 cm³/mol. The summed E-state index contributed by atoms with van der Waals surface area (Å²) in [5, 5.41) is 5.16. The Labute approximate surface area is 137 Å². The fourth-order valence-electron chi connectivity index (χ4n) is 3.78. The number of nitrogens with two attached hydrogens (primary N) is 1. The third-order valence-electron chi connectivity index (χ3n) is 4.97. The molecule has 0 amide bonds. The maximum atomic E-state index is 12.7. The number of carbonyl (C=O) groups excluding carboxylic acids is 1. The zero-order valence-corrected chi connectivity index (χ0v) is 14.6. The van der Waals surface area contributed by atoms with Crippen molar-refractivity contribution in [2.75, 3.05) is 18.8 Å². The van der Waals surface area contributed by atoms with E-state index in [0.29, 0.717) is 6.04 Å². The Morgan fingerprint density at radius 1 is 1.30 bits per heavy atom. The summed E-state index contributed by atoms with van der Waals surface area (Å²) in [6, 6.07) is 2.39. The van der Waals surface area contributed by atoms with Gasteiger partial charge in [-0.25, -0.2) is 13.6 Å². The van der Waals surface area contributed by atoms with Crippen molar-refractivity contribution in [2.24, 2.45) is 5.14 Å². The lowest BCUT2D eigenvalue weighted by Gasteiger charge is -2.22. The van der Waals surface area contributed by atoms with Crippen LogP contribution in [-0.2, 0) is 10.0 Å². The Morgan fingerprint density at radius 3 is 2.61 bits per heavy atom. The number of Topliss-reactive ketones (excluding diaryl/α,β-unsaturated/α-hetero) is 1. The molecular formula is C16H25N3O3S. The molecule has 128 valence electrons. The second-order valence-electron chi connectivity index (χ2n) is 6.91. The van der Waals surface area contributed by atoms with E-state index >= 15 is 0 Å². The molecule has 1 saturated heterocycles. The number of ketones is 1. The number of likely N-dealkylation sites (tertiary alicyclic amines) is 1. The number of hydrogen-bond acceptors (Lipinski definition) is 4. The first kappa shape index (κ1) is 16.7. The number of carbonyl (C=O) groups is 1. The zero-order chi connectivity index (χ0) is 16.8. The lowest BCUT2D eigenvalue weighted by Crippen LogP contribution is -2.40. The second kappa shape index (κ2) is 6.03. The van der Waals surface area contributed by atoms with E-state index in [1.54, 1.807) is 0 Å². The van der Waals surface area contributed by atoms with Gasteiger partial charge in [-0.15, -0.1) is 0 Å². The van der Waals surface area contributed by atoms with Crippen LogP contribution >= 0.6 is 0 Å². The number of nitrogens with zero attached hydrogens (tertiary/aromatic N) is 2. The Kier molecular flexibility index (Phi) is 4.37. The topological polar surface area (TPSA) is 85.4 Å². The van der Waals surface area contributed by atoms with Gasteiger partial charge in [-0.3, -0.25) is 9.69 Å².